The summed E-state index contributed by atoms with van der Waals surface area (Å²) in [5, 5.41) is 10.7. The number of hydrogen-bond donors (Lipinski definition) is 0. The van der Waals surface area contributed by atoms with Gasteiger partial charge in [-0.2, -0.15) is 18.4 Å². The van der Waals surface area contributed by atoms with Crippen LogP contribution in [-0.4, -0.2) is 28.2 Å². The molecule has 0 N–H and O–H groups in total. The fourth-order valence-corrected chi connectivity index (χ4v) is 3.87. The molecular formula is C22H22F3N3. The van der Waals surface area contributed by atoms with Gasteiger partial charge >= 0.3 is 6.18 Å². The zero-order chi connectivity index (χ0) is 20.1. The number of alkyl halides is 3. The van der Waals surface area contributed by atoms with E-state index in [1.54, 1.807) is 18.2 Å². The van der Waals surface area contributed by atoms with Crippen LogP contribution in [0.1, 0.15) is 36.6 Å². The van der Waals surface area contributed by atoms with E-state index >= 15 is 0 Å². The highest BCUT2D eigenvalue weighted by molar-refractivity contribution is 5.93. The lowest BCUT2D eigenvalue weighted by molar-refractivity contribution is -0.169. The number of allylic oxidation sites excluding steroid dienone is 2. The summed E-state index contributed by atoms with van der Waals surface area (Å²) in [4.78, 5) is 1.35. The summed E-state index contributed by atoms with van der Waals surface area (Å²) in [5.74, 6) is 0.523. The third-order valence-electron chi connectivity index (χ3n) is 5.66. The molecule has 28 heavy (non-hydrogen) atoms. The Labute approximate surface area is 162 Å². The molecule has 6 heteroatoms. The van der Waals surface area contributed by atoms with Crippen molar-refractivity contribution in [3.63, 3.8) is 0 Å². The number of aromatic nitrogens is 1. The first kappa shape index (κ1) is 18.7. The molecule has 1 atom stereocenters. The van der Waals surface area contributed by atoms with E-state index in [0.29, 0.717) is 22.9 Å². The van der Waals surface area contributed by atoms with Gasteiger partial charge in [0.05, 0.1) is 22.5 Å². The molecule has 2 aromatic rings. The third kappa shape index (κ3) is 3.19. The van der Waals surface area contributed by atoms with Crippen molar-refractivity contribution in [2.75, 3.05) is 6.54 Å². The Hall–Kier alpha value is -2.68. The maximum atomic E-state index is 13.5. The molecule has 2 aliphatic rings. The molecule has 0 saturated heterocycles. The summed E-state index contributed by atoms with van der Waals surface area (Å²) < 4.78 is 42.6. The van der Waals surface area contributed by atoms with Crippen molar-refractivity contribution in [2.45, 2.75) is 45.5 Å². The molecule has 146 valence electrons. The number of nitrogens with zero attached hydrogens (tertiary/aromatic N) is 3. The van der Waals surface area contributed by atoms with Crippen LogP contribution in [0, 0.1) is 24.2 Å². The minimum Gasteiger partial charge on any atom is -0.354 e. The highest BCUT2D eigenvalue weighted by atomic mass is 19.4. The highest BCUT2D eigenvalue weighted by Gasteiger charge is 2.42. The van der Waals surface area contributed by atoms with Crippen LogP contribution in [-0.2, 0) is 6.54 Å². The normalized spacial score (nSPS) is 18.3. The maximum absolute atomic E-state index is 13.5. The van der Waals surface area contributed by atoms with E-state index in [1.807, 2.05) is 25.1 Å². The van der Waals surface area contributed by atoms with Crippen molar-refractivity contribution in [3.8, 4) is 6.07 Å². The molecule has 0 unspecified atom stereocenters. The molecule has 3 nitrogen and oxygen atoms in total. The van der Waals surface area contributed by atoms with Gasteiger partial charge in [0.1, 0.15) is 12.1 Å². The van der Waals surface area contributed by atoms with Gasteiger partial charge in [-0.3, -0.25) is 0 Å². The van der Waals surface area contributed by atoms with Crippen LogP contribution in [0.25, 0.3) is 16.6 Å². The minimum atomic E-state index is -4.35. The number of benzene rings is 1. The molecular weight excluding hydrogens is 363 g/mol. The van der Waals surface area contributed by atoms with Crippen LogP contribution < -0.4 is 0 Å². The lowest BCUT2D eigenvalue weighted by atomic mass is 10.1. The highest BCUT2D eigenvalue weighted by Crippen LogP contribution is 2.40. The van der Waals surface area contributed by atoms with Gasteiger partial charge in [-0.1, -0.05) is 24.3 Å². The van der Waals surface area contributed by atoms with Crippen molar-refractivity contribution in [1.29, 1.82) is 5.26 Å². The van der Waals surface area contributed by atoms with E-state index in [9.17, 15) is 18.4 Å². The second kappa shape index (κ2) is 6.73. The standard InChI is InChI=1S/C22H22F3N3/c1-14-6-9-17-18(12-26)21(28(20(17)11-14)13-16-7-8-16)19-5-3-4-10-27(19)15(2)22(23,24)25/h3-6,9,11,15-16H,7-8,10,13H2,1-2H3/t15-/m1/s1. The first-order valence-electron chi connectivity index (χ1n) is 9.54. The van der Waals surface area contributed by atoms with Crippen LogP contribution >= 0.6 is 0 Å². The van der Waals surface area contributed by atoms with Crippen molar-refractivity contribution in [3.05, 3.63) is 53.2 Å². The Morgan fingerprint density at radius 1 is 1.29 bits per heavy atom. The molecule has 0 amide bonds. The second-order valence-electron chi connectivity index (χ2n) is 7.76. The molecule has 4 rings (SSSR count). The minimum absolute atomic E-state index is 0.168. The molecule has 1 aliphatic heterocycles. The molecule has 1 aromatic heterocycles. The van der Waals surface area contributed by atoms with Crippen LogP contribution in [0.2, 0.25) is 0 Å². The number of fused-ring (bicyclic) bond motifs is 1. The number of rotatable bonds is 4. The van der Waals surface area contributed by atoms with E-state index in [4.69, 9.17) is 0 Å². The summed E-state index contributed by atoms with van der Waals surface area (Å²) in [6, 6.07) is 6.52. The second-order valence-corrected chi connectivity index (χ2v) is 7.76. The Bertz CT molecular complexity index is 1020. The Kier molecular flexibility index (Phi) is 4.49. The SMILES string of the molecule is Cc1ccc2c(C#N)c(C3=CC=CCN3[C@H](C)C(F)(F)F)n(CC3CC3)c2c1. The van der Waals surface area contributed by atoms with E-state index in [0.717, 1.165) is 35.9 Å². The van der Waals surface area contributed by atoms with E-state index < -0.39 is 12.2 Å². The average molecular weight is 385 g/mol. The van der Waals surface area contributed by atoms with Crippen molar-refractivity contribution >= 4 is 16.6 Å². The van der Waals surface area contributed by atoms with Crippen molar-refractivity contribution in [1.82, 2.24) is 9.47 Å². The smallest absolute Gasteiger partial charge is 0.354 e. The predicted molar refractivity (Wildman–Crippen MR) is 103 cm³/mol. The fourth-order valence-electron chi connectivity index (χ4n) is 3.87. The Morgan fingerprint density at radius 3 is 2.68 bits per heavy atom. The van der Waals surface area contributed by atoms with Crippen LogP contribution in [0.5, 0.6) is 0 Å². The van der Waals surface area contributed by atoms with Crippen LogP contribution in [0.15, 0.2) is 36.4 Å². The first-order chi connectivity index (χ1) is 13.3. The molecule has 0 spiro atoms. The van der Waals surface area contributed by atoms with Gasteiger partial charge in [0.25, 0.3) is 0 Å². The zero-order valence-electron chi connectivity index (χ0n) is 15.9. The van der Waals surface area contributed by atoms with Crippen LogP contribution in [0.4, 0.5) is 13.2 Å². The molecule has 1 aliphatic carbocycles. The van der Waals surface area contributed by atoms with Gasteiger partial charge in [-0.05, 0) is 50.3 Å². The average Bonchev–Trinajstić information content (AvgIpc) is 3.42. The number of aryl methyl sites for hydroxylation is 1. The summed E-state index contributed by atoms with van der Waals surface area (Å²) in [5.41, 5.74) is 3.52. The van der Waals surface area contributed by atoms with Gasteiger partial charge in [0.15, 0.2) is 0 Å². The Balaban J connectivity index is 1.94. The van der Waals surface area contributed by atoms with Gasteiger partial charge < -0.3 is 9.47 Å². The third-order valence-corrected chi connectivity index (χ3v) is 5.66. The maximum Gasteiger partial charge on any atom is 0.408 e. The molecule has 0 radical (unpaired) electrons. The first-order valence-corrected chi connectivity index (χ1v) is 9.54. The molecule has 1 saturated carbocycles. The topological polar surface area (TPSA) is 32.0 Å². The lowest BCUT2D eigenvalue weighted by Crippen LogP contribution is -2.43. The monoisotopic (exact) mass is 385 g/mol. The van der Waals surface area contributed by atoms with E-state index in [1.165, 1.54) is 11.8 Å². The number of nitriles is 1. The van der Waals surface area contributed by atoms with Gasteiger partial charge in [-0.25, -0.2) is 0 Å². The van der Waals surface area contributed by atoms with Crippen LogP contribution in [0.3, 0.4) is 0 Å². The summed E-state index contributed by atoms with van der Waals surface area (Å²) in [6.07, 6.45) is 3.09. The number of hydrogen-bond acceptors (Lipinski definition) is 2. The predicted octanol–water partition coefficient (Wildman–Crippen LogP) is 5.39. The van der Waals surface area contributed by atoms with Gasteiger partial charge in [0.2, 0.25) is 0 Å². The quantitative estimate of drug-likeness (QED) is 0.706. The van der Waals surface area contributed by atoms with E-state index in [-0.39, 0.29) is 6.54 Å². The largest absolute Gasteiger partial charge is 0.408 e. The Morgan fingerprint density at radius 2 is 2.04 bits per heavy atom. The summed E-state index contributed by atoms with van der Waals surface area (Å²) >= 11 is 0. The zero-order valence-corrected chi connectivity index (χ0v) is 15.9. The fraction of sp³-hybridized carbons (Fsp3) is 0.409. The van der Waals surface area contributed by atoms with Gasteiger partial charge in [0, 0.05) is 18.5 Å². The summed E-state index contributed by atoms with van der Waals surface area (Å²) in [7, 11) is 0. The molecule has 1 fully saturated rings. The van der Waals surface area contributed by atoms with Crippen molar-refractivity contribution in [2.24, 2.45) is 5.92 Å². The van der Waals surface area contributed by atoms with Crippen molar-refractivity contribution < 1.29 is 13.2 Å². The molecule has 0 bridgehead atoms. The lowest BCUT2D eigenvalue weighted by Gasteiger charge is -2.35. The molecule has 1 aromatic carbocycles. The van der Waals surface area contributed by atoms with Gasteiger partial charge in [-0.15, -0.1) is 0 Å². The summed E-state index contributed by atoms with van der Waals surface area (Å²) in [6.45, 7) is 4.06. The molecule has 2 heterocycles. The van der Waals surface area contributed by atoms with E-state index in [2.05, 4.69) is 10.6 Å². The number of halogens is 3.